The number of methoxy groups -OCH3 is 2. The molecule has 1 aromatic carbocycles. The fourth-order valence-corrected chi connectivity index (χ4v) is 3.24. The highest BCUT2D eigenvalue weighted by molar-refractivity contribution is 5.54. The highest BCUT2D eigenvalue weighted by atomic mass is 16.5. The van der Waals surface area contributed by atoms with Gasteiger partial charge < -0.3 is 19.7 Å². The summed E-state index contributed by atoms with van der Waals surface area (Å²) in [5.41, 5.74) is 2.50. The third-order valence-electron chi connectivity index (χ3n) is 4.37. The predicted molar refractivity (Wildman–Crippen MR) is 104 cm³/mol. The molecule has 1 aliphatic rings. The van der Waals surface area contributed by atoms with Crippen molar-refractivity contribution in [2.75, 3.05) is 31.0 Å². The van der Waals surface area contributed by atoms with Crippen LogP contribution in [-0.2, 0) is 13.0 Å². The van der Waals surface area contributed by atoms with E-state index >= 15 is 0 Å². The number of benzene rings is 1. The van der Waals surface area contributed by atoms with Crippen LogP contribution in [0.5, 0.6) is 11.5 Å². The van der Waals surface area contributed by atoms with Gasteiger partial charge in [0.2, 0.25) is 0 Å². The van der Waals surface area contributed by atoms with Gasteiger partial charge in [-0.15, -0.1) is 0 Å². The van der Waals surface area contributed by atoms with Crippen LogP contribution in [0.25, 0.3) is 0 Å². The van der Waals surface area contributed by atoms with Crippen molar-refractivity contribution in [2.24, 2.45) is 0 Å². The molecular weight excluding hydrogens is 328 g/mol. The van der Waals surface area contributed by atoms with Gasteiger partial charge >= 0.3 is 0 Å². The Balaban J connectivity index is 1.89. The minimum absolute atomic E-state index is 0.0452. The largest absolute Gasteiger partial charge is 0.493 e. The summed E-state index contributed by atoms with van der Waals surface area (Å²) in [4.78, 5) is 11.5. The van der Waals surface area contributed by atoms with Gasteiger partial charge in [-0.25, -0.2) is 9.97 Å². The maximum atomic E-state index is 5.46. The number of fused-ring (bicyclic) bond motifs is 1. The average Bonchev–Trinajstić information content (AvgIpc) is 2.57. The first kappa shape index (κ1) is 18.3. The Morgan fingerprint density at radius 3 is 2.27 bits per heavy atom. The van der Waals surface area contributed by atoms with Crippen LogP contribution >= 0.6 is 0 Å². The number of aromatic nitrogens is 2. The van der Waals surface area contributed by atoms with Crippen molar-refractivity contribution in [2.45, 2.75) is 46.2 Å². The van der Waals surface area contributed by atoms with Crippen molar-refractivity contribution in [3.05, 3.63) is 35.2 Å². The lowest BCUT2D eigenvalue weighted by atomic mass is 9.99. The van der Waals surface area contributed by atoms with Crippen molar-refractivity contribution < 1.29 is 9.47 Å². The van der Waals surface area contributed by atoms with Crippen LogP contribution in [0.3, 0.4) is 0 Å². The summed E-state index contributed by atoms with van der Waals surface area (Å²) >= 11 is 0. The first-order valence-corrected chi connectivity index (χ1v) is 8.91. The molecule has 26 heavy (non-hydrogen) atoms. The zero-order chi connectivity index (χ0) is 18.9. The van der Waals surface area contributed by atoms with E-state index in [1.165, 1.54) is 11.1 Å². The van der Waals surface area contributed by atoms with E-state index in [2.05, 4.69) is 53.1 Å². The molecule has 0 saturated carbocycles. The summed E-state index contributed by atoms with van der Waals surface area (Å²) < 4.78 is 10.9. The lowest BCUT2D eigenvalue weighted by Crippen LogP contribution is -2.32. The minimum Gasteiger partial charge on any atom is -0.493 e. The van der Waals surface area contributed by atoms with Gasteiger partial charge in [-0.2, -0.15) is 0 Å². The van der Waals surface area contributed by atoms with E-state index in [0.717, 1.165) is 48.5 Å². The number of hydrogen-bond donors (Lipinski definition) is 1. The normalized spacial score (nSPS) is 14.0. The maximum absolute atomic E-state index is 5.46. The van der Waals surface area contributed by atoms with Gasteiger partial charge in [0.05, 0.1) is 14.2 Å². The van der Waals surface area contributed by atoms with E-state index in [9.17, 15) is 0 Å². The molecule has 2 aromatic rings. The second kappa shape index (κ2) is 7.02. The van der Waals surface area contributed by atoms with E-state index in [1.807, 2.05) is 13.0 Å². The summed E-state index contributed by atoms with van der Waals surface area (Å²) in [5, 5.41) is 3.44. The lowest BCUT2D eigenvalue weighted by Gasteiger charge is -2.31. The quantitative estimate of drug-likeness (QED) is 0.904. The van der Waals surface area contributed by atoms with Gasteiger partial charge in [-0.3, -0.25) is 0 Å². The molecule has 1 aliphatic heterocycles. The first-order chi connectivity index (χ1) is 12.3. The molecule has 0 fully saturated rings. The van der Waals surface area contributed by atoms with Crippen LogP contribution < -0.4 is 19.7 Å². The Bertz CT molecular complexity index is 799. The van der Waals surface area contributed by atoms with Crippen LogP contribution in [0.2, 0.25) is 0 Å². The topological polar surface area (TPSA) is 59.5 Å². The standard InChI is InChI=1S/C20H28N4O2/c1-13-21-18(23-20(2,3)4)11-19(22-13)24-8-7-14-9-16(25-5)17(26-6)10-15(14)12-24/h9-11H,7-8,12H2,1-6H3,(H,21,22,23). The zero-order valence-electron chi connectivity index (χ0n) is 16.5. The number of nitrogens with zero attached hydrogens (tertiary/aromatic N) is 3. The van der Waals surface area contributed by atoms with Crippen LogP contribution in [0.15, 0.2) is 18.2 Å². The number of nitrogens with one attached hydrogen (secondary N) is 1. The fraction of sp³-hybridized carbons (Fsp3) is 0.500. The smallest absolute Gasteiger partial charge is 0.161 e. The van der Waals surface area contributed by atoms with Gasteiger partial charge in [-0.05, 0) is 57.4 Å². The third-order valence-corrected chi connectivity index (χ3v) is 4.37. The molecule has 0 bridgehead atoms. The Morgan fingerprint density at radius 2 is 1.65 bits per heavy atom. The third kappa shape index (κ3) is 4.00. The highest BCUT2D eigenvalue weighted by Gasteiger charge is 2.21. The number of anilines is 2. The van der Waals surface area contributed by atoms with Gasteiger partial charge in [0, 0.05) is 24.7 Å². The molecule has 0 atom stereocenters. The van der Waals surface area contributed by atoms with Gasteiger partial charge in [0.25, 0.3) is 0 Å². The Morgan fingerprint density at radius 1 is 1.00 bits per heavy atom. The Hall–Kier alpha value is -2.50. The number of aryl methyl sites for hydroxylation is 1. The van der Waals surface area contributed by atoms with Gasteiger partial charge in [0.15, 0.2) is 11.5 Å². The monoisotopic (exact) mass is 356 g/mol. The van der Waals surface area contributed by atoms with Crippen LogP contribution in [0, 0.1) is 6.92 Å². The van der Waals surface area contributed by atoms with E-state index in [1.54, 1.807) is 14.2 Å². The number of rotatable bonds is 4. The molecular formula is C20H28N4O2. The zero-order valence-corrected chi connectivity index (χ0v) is 16.5. The summed E-state index contributed by atoms with van der Waals surface area (Å²) in [6.45, 7) is 10.0. The molecule has 3 rings (SSSR count). The first-order valence-electron chi connectivity index (χ1n) is 8.91. The number of ether oxygens (including phenoxy) is 2. The fourth-order valence-electron chi connectivity index (χ4n) is 3.24. The van der Waals surface area contributed by atoms with Crippen molar-refractivity contribution in [3.63, 3.8) is 0 Å². The summed E-state index contributed by atoms with van der Waals surface area (Å²) in [6, 6.07) is 6.19. The summed E-state index contributed by atoms with van der Waals surface area (Å²) in [7, 11) is 3.34. The molecule has 0 amide bonds. The average molecular weight is 356 g/mol. The summed E-state index contributed by atoms with van der Waals surface area (Å²) in [5.74, 6) is 4.13. The Labute approximate surface area is 155 Å². The van der Waals surface area contributed by atoms with Crippen LogP contribution in [0.1, 0.15) is 37.7 Å². The molecule has 0 aliphatic carbocycles. The van der Waals surface area contributed by atoms with E-state index in [0.29, 0.717) is 0 Å². The molecule has 6 nitrogen and oxygen atoms in total. The molecule has 0 saturated heterocycles. The summed E-state index contributed by atoms with van der Waals surface area (Å²) in [6.07, 6.45) is 0.945. The van der Waals surface area contributed by atoms with Crippen molar-refractivity contribution in [1.82, 2.24) is 9.97 Å². The molecule has 1 aromatic heterocycles. The molecule has 140 valence electrons. The second-order valence-electron chi connectivity index (χ2n) is 7.68. The molecule has 6 heteroatoms. The molecule has 2 heterocycles. The highest BCUT2D eigenvalue weighted by Crippen LogP contribution is 2.34. The van der Waals surface area contributed by atoms with Gasteiger partial charge in [0.1, 0.15) is 17.5 Å². The van der Waals surface area contributed by atoms with E-state index < -0.39 is 0 Å². The molecule has 1 N–H and O–H groups in total. The Kier molecular flexibility index (Phi) is 4.94. The molecule has 0 spiro atoms. The second-order valence-corrected chi connectivity index (χ2v) is 7.68. The maximum Gasteiger partial charge on any atom is 0.161 e. The van der Waals surface area contributed by atoms with Crippen molar-refractivity contribution in [3.8, 4) is 11.5 Å². The lowest BCUT2D eigenvalue weighted by molar-refractivity contribution is 0.353. The van der Waals surface area contributed by atoms with Crippen molar-refractivity contribution >= 4 is 11.6 Å². The molecule has 0 unspecified atom stereocenters. The SMILES string of the molecule is COc1cc2c(cc1OC)CN(c1cc(NC(C)(C)C)nc(C)n1)CC2. The van der Waals surface area contributed by atoms with Crippen molar-refractivity contribution in [1.29, 1.82) is 0 Å². The van der Waals surface area contributed by atoms with Crippen LogP contribution in [0.4, 0.5) is 11.6 Å². The molecule has 0 radical (unpaired) electrons. The van der Waals surface area contributed by atoms with Gasteiger partial charge in [-0.1, -0.05) is 0 Å². The van der Waals surface area contributed by atoms with E-state index in [-0.39, 0.29) is 5.54 Å². The number of hydrogen-bond acceptors (Lipinski definition) is 6. The van der Waals surface area contributed by atoms with Crippen LogP contribution in [-0.4, -0.2) is 36.3 Å². The minimum atomic E-state index is -0.0452. The van der Waals surface area contributed by atoms with E-state index in [4.69, 9.17) is 9.47 Å². The predicted octanol–water partition coefficient (Wildman–Crippen LogP) is 3.58.